The lowest BCUT2D eigenvalue weighted by atomic mass is 9.99. The smallest absolute Gasteiger partial charge is 0.343 e. The van der Waals surface area contributed by atoms with Gasteiger partial charge in [0, 0.05) is 0 Å². The van der Waals surface area contributed by atoms with Crippen molar-refractivity contribution in [2.75, 3.05) is 6.61 Å². The predicted molar refractivity (Wildman–Crippen MR) is 159 cm³/mol. The van der Waals surface area contributed by atoms with Gasteiger partial charge < -0.3 is 9.47 Å². The van der Waals surface area contributed by atoms with Gasteiger partial charge in [0.2, 0.25) is 0 Å². The summed E-state index contributed by atoms with van der Waals surface area (Å²) in [5.74, 6) is 0.902. The summed E-state index contributed by atoms with van der Waals surface area (Å²) in [5.41, 5.74) is 4.04. The number of hydrogen-bond donors (Lipinski definition) is 0. The molecule has 4 heteroatoms. The maximum atomic E-state index is 12.7. The second-order valence-electron chi connectivity index (χ2n) is 10.2. The Hall–Kier alpha value is -3.58. The molecule has 0 N–H and O–H groups in total. The first-order chi connectivity index (χ1) is 19.1. The topological polar surface area (TPSA) is 59.3 Å². The maximum absolute atomic E-state index is 12.7. The van der Waals surface area contributed by atoms with Crippen molar-refractivity contribution in [2.24, 2.45) is 0 Å². The number of esters is 1. The van der Waals surface area contributed by atoms with Crippen molar-refractivity contribution in [1.29, 1.82) is 5.26 Å². The molecule has 206 valence electrons. The van der Waals surface area contributed by atoms with Crippen molar-refractivity contribution >= 4 is 5.97 Å². The molecule has 0 fully saturated rings. The van der Waals surface area contributed by atoms with Crippen LogP contribution in [0.25, 0.3) is 11.1 Å². The highest BCUT2D eigenvalue weighted by atomic mass is 16.5. The van der Waals surface area contributed by atoms with Gasteiger partial charge in [-0.15, -0.1) is 0 Å². The van der Waals surface area contributed by atoms with Crippen LogP contribution in [0.5, 0.6) is 11.5 Å². The first kappa shape index (κ1) is 30.0. The van der Waals surface area contributed by atoms with Gasteiger partial charge in [-0.3, -0.25) is 0 Å². The fourth-order valence-corrected chi connectivity index (χ4v) is 4.64. The fraction of sp³-hybridized carbons (Fsp3) is 0.429. The number of unbranched alkanes of at least 4 members (excludes halogenated alkanes) is 9. The van der Waals surface area contributed by atoms with Crippen LogP contribution >= 0.6 is 0 Å². The first-order valence-electron chi connectivity index (χ1n) is 14.7. The average Bonchev–Trinajstić information content (AvgIpc) is 2.97. The van der Waals surface area contributed by atoms with Crippen LogP contribution in [0.4, 0.5) is 0 Å². The molecule has 0 saturated heterocycles. The van der Waals surface area contributed by atoms with Crippen LogP contribution in [0, 0.1) is 11.3 Å². The van der Waals surface area contributed by atoms with Gasteiger partial charge in [-0.1, -0.05) is 102 Å². The number of nitrogens with zero attached hydrogens (tertiary/aromatic N) is 1. The Labute approximate surface area is 235 Å². The SMILES string of the molecule is CCCCCCCCOc1ccc(-c2ccc(OC(=O)c3ccc(CCCCCCC)c(C#N)c3)cc2)cc1. The molecule has 39 heavy (non-hydrogen) atoms. The van der Waals surface area contributed by atoms with E-state index in [1.165, 1.54) is 51.4 Å². The van der Waals surface area contributed by atoms with E-state index in [0.717, 1.165) is 54.7 Å². The molecule has 0 atom stereocenters. The molecule has 0 aliphatic rings. The van der Waals surface area contributed by atoms with Gasteiger partial charge in [-0.2, -0.15) is 5.26 Å². The number of carbonyl (C=O) groups excluding carboxylic acids is 1. The van der Waals surface area contributed by atoms with Crippen molar-refractivity contribution in [2.45, 2.75) is 90.9 Å². The first-order valence-corrected chi connectivity index (χ1v) is 14.7. The van der Waals surface area contributed by atoms with E-state index in [1.807, 2.05) is 42.5 Å². The minimum absolute atomic E-state index is 0.391. The number of ether oxygens (including phenoxy) is 2. The van der Waals surface area contributed by atoms with Crippen LogP contribution in [0.1, 0.15) is 106 Å². The van der Waals surface area contributed by atoms with Crippen molar-refractivity contribution in [1.82, 2.24) is 0 Å². The second kappa shape index (κ2) is 17.1. The quantitative estimate of drug-likeness (QED) is 0.0999. The summed E-state index contributed by atoms with van der Waals surface area (Å²) in [6.07, 6.45) is 14.3. The van der Waals surface area contributed by atoms with Gasteiger partial charge in [0.05, 0.1) is 23.8 Å². The molecular weight excluding hydrogens is 482 g/mol. The average molecular weight is 526 g/mol. The lowest BCUT2D eigenvalue weighted by molar-refractivity contribution is 0.0734. The zero-order chi connectivity index (χ0) is 27.7. The van der Waals surface area contributed by atoms with Crippen LogP contribution in [0.2, 0.25) is 0 Å². The Morgan fingerprint density at radius 1 is 0.692 bits per heavy atom. The molecule has 0 radical (unpaired) electrons. The van der Waals surface area contributed by atoms with E-state index in [9.17, 15) is 10.1 Å². The van der Waals surface area contributed by atoms with Crippen LogP contribution in [-0.4, -0.2) is 12.6 Å². The van der Waals surface area contributed by atoms with E-state index in [2.05, 4.69) is 19.9 Å². The summed E-state index contributed by atoms with van der Waals surface area (Å²) < 4.78 is 11.5. The van der Waals surface area contributed by atoms with E-state index in [-0.39, 0.29) is 0 Å². The number of benzene rings is 3. The fourth-order valence-electron chi connectivity index (χ4n) is 4.64. The lowest BCUT2D eigenvalue weighted by Crippen LogP contribution is -2.09. The van der Waals surface area contributed by atoms with E-state index < -0.39 is 5.97 Å². The minimum Gasteiger partial charge on any atom is -0.494 e. The standard InChI is InChI=1S/C35H43NO3/c1-3-5-7-9-11-13-25-38-33-21-17-29(18-22-33)30-19-23-34(24-20-30)39-35(37)31-16-15-28(32(26-31)27-36)14-12-10-8-6-4-2/h15-24,26H,3-14,25H2,1-2H3. The Kier molecular flexibility index (Phi) is 13.1. The Bertz CT molecular complexity index is 1180. The van der Waals surface area contributed by atoms with Gasteiger partial charge in [-0.05, 0) is 72.4 Å². The third kappa shape index (κ3) is 10.2. The highest BCUT2D eigenvalue weighted by Gasteiger charge is 2.12. The molecule has 4 nitrogen and oxygen atoms in total. The minimum atomic E-state index is -0.458. The molecule has 0 bridgehead atoms. The molecule has 3 rings (SSSR count). The molecule has 0 aliphatic carbocycles. The molecular formula is C35H43NO3. The molecule has 0 spiro atoms. The molecule has 0 aromatic heterocycles. The Morgan fingerprint density at radius 3 is 1.87 bits per heavy atom. The van der Waals surface area contributed by atoms with Crippen LogP contribution in [0.3, 0.4) is 0 Å². The summed E-state index contributed by atoms with van der Waals surface area (Å²) in [7, 11) is 0. The highest BCUT2D eigenvalue weighted by Crippen LogP contribution is 2.25. The number of nitriles is 1. The van der Waals surface area contributed by atoms with E-state index in [0.29, 0.717) is 16.9 Å². The third-order valence-electron chi connectivity index (χ3n) is 7.03. The summed E-state index contributed by atoms with van der Waals surface area (Å²) in [5, 5.41) is 9.59. The van der Waals surface area contributed by atoms with Crippen LogP contribution in [0.15, 0.2) is 66.7 Å². The zero-order valence-electron chi connectivity index (χ0n) is 23.7. The largest absolute Gasteiger partial charge is 0.494 e. The van der Waals surface area contributed by atoms with Gasteiger partial charge in [-0.25, -0.2) is 4.79 Å². The highest BCUT2D eigenvalue weighted by molar-refractivity contribution is 5.91. The normalized spacial score (nSPS) is 10.7. The second-order valence-corrected chi connectivity index (χ2v) is 10.2. The van der Waals surface area contributed by atoms with Crippen LogP contribution in [-0.2, 0) is 6.42 Å². The van der Waals surface area contributed by atoms with Gasteiger partial charge in [0.1, 0.15) is 11.5 Å². The maximum Gasteiger partial charge on any atom is 0.343 e. The van der Waals surface area contributed by atoms with Gasteiger partial charge >= 0.3 is 5.97 Å². The van der Waals surface area contributed by atoms with Crippen LogP contribution < -0.4 is 9.47 Å². The van der Waals surface area contributed by atoms with E-state index in [1.54, 1.807) is 24.3 Å². The number of rotatable bonds is 17. The van der Waals surface area contributed by atoms with E-state index >= 15 is 0 Å². The number of aryl methyl sites for hydroxylation is 1. The molecule has 3 aromatic carbocycles. The Morgan fingerprint density at radius 2 is 1.26 bits per heavy atom. The van der Waals surface area contributed by atoms with Gasteiger partial charge in [0.15, 0.2) is 0 Å². The number of hydrogen-bond acceptors (Lipinski definition) is 4. The molecule has 0 heterocycles. The molecule has 0 aliphatic heterocycles. The third-order valence-corrected chi connectivity index (χ3v) is 7.03. The monoisotopic (exact) mass is 525 g/mol. The van der Waals surface area contributed by atoms with Gasteiger partial charge in [0.25, 0.3) is 0 Å². The van der Waals surface area contributed by atoms with E-state index in [4.69, 9.17) is 9.47 Å². The zero-order valence-corrected chi connectivity index (χ0v) is 23.7. The summed E-state index contributed by atoms with van der Waals surface area (Å²) in [4.78, 5) is 12.7. The predicted octanol–water partition coefficient (Wildman–Crippen LogP) is 9.70. The van der Waals surface area contributed by atoms with Crippen molar-refractivity contribution in [3.05, 3.63) is 83.4 Å². The molecule has 3 aromatic rings. The number of carbonyl (C=O) groups is 1. The molecule has 0 amide bonds. The molecule has 0 unspecified atom stereocenters. The summed E-state index contributed by atoms with van der Waals surface area (Å²) in [6, 6.07) is 23.1. The van der Waals surface area contributed by atoms with Crippen molar-refractivity contribution in [3.8, 4) is 28.7 Å². The summed E-state index contributed by atoms with van der Waals surface area (Å²) in [6.45, 7) is 5.19. The van der Waals surface area contributed by atoms with Crippen molar-refractivity contribution in [3.63, 3.8) is 0 Å². The Balaban J connectivity index is 1.49. The molecule has 0 saturated carbocycles. The lowest BCUT2D eigenvalue weighted by Gasteiger charge is -2.09. The summed E-state index contributed by atoms with van der Waals surface area (Å²) >= 11 is 0. The van der Waals surface area contributed by atoms with Crippen molar-refractivity contribution < 1.29 is 14.3 Å².